The van der Waals surface area contributed by atoms with Gasteiger partial charge in [-0.2, -0.15) is 4.39 Å². The zero-order valence-electron chi connectivity index (χ0n) is 8.51. The van der Waals surface area contributed by atoms with E-state index in [0.29, 0.717) is 12.8 Å². The monoisotopic (exact) mass is 291 g/mol. The van der Waals surface area contributed by atoms with E-state index in [4.69, 9.17) is 5.73 Å². The Hall–Kier alpha value is -0.940. The Morgan fingerprint density at radius 1 is 1.50 bits per heavy atom. The molecular weight excluding hydrogens is 280 g/mol. The van der Waals surface area contributed by atoms with Crippen LogP contribution in [0.1, 0.15) is 24.4 Å². The van der Waals surface area contributed by atoms with E-state index in [9.17, 15) is 13.9 Å². The lowest BCUT2D eigenvalue weighted by Gasteiger charge is -2.14. The second-order valence-corrected chi connectivity index (χ2v) is 4.25. The highest BCUT2D eigenvalue weighted by Crippen LogP contribution is 2.34. The van der Waals surface area contributed by atoms with E-state index in [1.807, 2.05) is 0 Å². The molecule has 0 unspecified atom stereocenters. The largest absolute Gasteiger partial charge is 0.505 e. The van der Waals surface area contributed by atoms with Gasteiger partial charge >= 0.3 is 0 Å². The van der Waals surface area contributed by atoms with E-state index < -0.39 is 23.4 Å². The maximum absolute atomic E-state index is 13.2. The molecule has 0 aliphatic rings. The number of hydrogen-bond donors (Lipinski definition) is 2. The molecule has 1 rings (SSSR count). The molecule has 0 fully saturated rings. The summed E-state index contributed by atoms with van der Waals surface area (Å²) < 4.78 is 26.2. The van der Waals surface area contributed by atoms with Crippen molar-refractivity contribution in [3.63, 3.8) is 0 Å². The minimum atomic E-state index is -1.28. The van der Waals surface area contributed by atoms with Crippen molar-refractivity contribution >= 4 is 15.9 Å². The molecule has 0 saturated heterocycles. The molecule has 0 saturated carbocycles. The van der Waals surface area contributed by atoms with Crippen LogP contribution < -0.4 is 5.73 Å². The van der Waals surface area contributed by atoms with Crippen LogP contribution in [0.4, 0.5) is 8.78 Å². The Morgan fingerprint density at radius 3 is 2.69 bits per heavy atom. The summed E-state index contributed by atoms with van der Waals surface area (Å²) in [5, 5.41) is 9.43. The van der Waals surface area contributed by atoms with Crippen LogP contribution in [-0.2, 0) is 0 Å². The second kappa shape index (κ2) is 5.41. The summed E-state index contributed by atoms with van der Waals surface area (Å²) in [4.78, 5) is 0. The van der Waals surface area contributed by atoms with E-state index in [1.54, 1.807) is 6.08 Å². The van der Waals surface area contributed by atoms with Crippen LogP contribution in [0.2, 0.25) is 0 Å². The van der Waals surface area contributed by atoms with Crippen molar-refractivity contribution in [3.8, 4) is 5.75 Å². The van der Waals surface area contributed by atoms with E-state index in [2.05, 4.69) is 22.5 Å². The molecule has 0 spiro atoms. The van der Waals surface area contributed by atoms with Crippen LogP contribution in [-0.4, -0.2) is 5.11 Å². The van der Waals surface area contributed by atoms with E-state index >= 15 is 0 Å². The summed E-state index contributed by atoms with van der Waals surface area (Å²) in [7, 11) is 0. The summed E-state index contributed by atoms with van der Waals surface area (Å²) in [5.74, 6) is -3.12. The molecular formula is C11H12BrF2NO. The van der Waals surface area contributed by atoms with Crippen LogP contribution >= 0.6 is 15.9 Å². The van der Waals surface area contributed by atoms with Gasteiger partial charge in [-0.15, -0.1) is 6.58 Å². The van der Waals surface area contributed by atoms with Crippen molar-refractivity contribution in [1.82, 2.24) is 0 Å². The number of benzene rings is 1. The molecule has 0 aliphatic heterocycles. The molecule has 3 N–H and O–H groups in total. The van der Waals surface area contributed by atoms with E-state index in [1.165, 1.54) is 6.07 Å². The number of nitrogens with two attached hydrogens (primary N) is 1. The van der Waals surface area contributed by atoms with E-state index in [-0.39, 0.29) is 10.0 Å². The van der Waals surface area contributed by atoms with Crippen molar-refractivity contribution in [2.24, 2.45) is 5.73 Å². The number of halogens is 3. The Labute approximate surface area is 101 Å². The lowest BCUT2D eigenvalue weighted by Crippen LogP contribution is -2.11. The smallest absolute Gasteiger partial charge is 0.201 e. The Balaban J connectivity index is 3.09. The van der Waals surface area contributed by atoms with Crippen LogP contribution in [0.25, 0.3) is 0 Å². The standard InChI is InChI=1S/C11H12BrF2NO/c1-2-3-4-8(15)6-5-7(12)9(13)10(14)11(6)16/h2,5,8,16H,1,3-4,15H2/t8-/m0/s1. The highest BCUT2D eigenvalue weighted by atomic mass is 79.9. The predicted molar refractivity (Wildman–Crippen MR) is 62.1 cm³/mol. The number of rotatable bonds is 4. The maximum atomic E-state index is 13.2. The average Bonchev–Trinajstić information content (AvgIpc) is 2.28. The summed E-state index contributed by atoms with van der Waals surface area (Å²) in [6.45, 7) is 3.54. The SMILES string of the molecule is C=CCC[C@H](N)c1cc(Br)c(F)c(F)c1O. The molecule has 0 aromatic heterocycles. The number of phenols is 1. The second-order valence-electron chi connectivity index (χ2n) is 3.40. The highest BCUT2D eigenvalue weighted by Gasteiger charge is 2.20. The Kier molecular flexibility index (Phi) is 4.44. The van der Waals surface area contributed by atoms with Crippen molar-refractivity contribution < 1.29 is 13.9 Å². The van der Waals surface area contributed by atoms with Gasteiger partial charge in [0.2, 0.25) is 5.82 Å². The molecule has 5 heteroatoms. The lowest BCUT2D eigenvalue weighted by molar-refractivity contribution is 0.394. The topological polar surface area (TPSA) is 46.2 Å². The lowest BCUT2D eigenvalue weighted by atomic mass is 10.0. The fraction of sp³-hybridized carbons (Fsp3) is 0.273. The molecule has 1 atom stereocenters. The van der Waals surface area contributed by atoms with Gasteiger partial charge in [0.1, 0.15) is 0 Å². The van der Waals surface area contributed by atoms with Gasteiger partial charge in [-0.05, 0) is 34.8 Å². The first-order chi connectivity index (χ1) is 7.49. The van der Waals surface area contributed by atoms with Crippen LogP contribution in [0.5, 0.6) is 5.75 Å². The molecule has 88 valence electrons. The summed E-state index contributed by atoms with van der Waals surface area (Å²) in [6, 6.07) is 0.742. The third-order valence-electron chi connectivity index (χ3n) is 2.25. The first-order valence-electron chi connectivity index (χ1n) is 4.71. The number of allylic oxidation sites excluding steroid dienone is 1. The average molecular weight is 292 g/mol. The van der Waals surface area contributed by atoms with Gasteiger partial charge in [-0.25, -0.2) is 4.39 Å². The molecule has 0 bridgehead atoms. The van der Waals surface area contributed by atoms with Gasteiger partial charge in [-0.1, -0.05) is 6.08 Å². The summed E-state index contributed by atoms with van der Waals surface area (Å²) in [6.07, 6.45) is 2.82. The Bertz CT molecular complexity index is 409. The first-order valence-corrected chi connectivity index (χ1v) is 5.51. The molecule has 0 amide bonds. The highest BCUT2D eigenvalue weighted by molar-refractivity contribution is 9.10. The molecule has 0 radical (unpaired) electrons. The van der Waals surface area contributed by atoms with Crippen molar-refractivity contribution in [2.75, 3.05) is 0 Å². The fourth-order valence-electron chi connectivity index (χ4n) is 1.34. The van der Waals surface area contributed by atoms with Gasteiger partial charge in [0, 0.05) is 11.6 Å². The van der Waals surface area contributed by atoms with Crippen molar-refractivity contribution in [2.45, 2.75) is 18.9 Å². The Morgan fingerprint density at radius 2 is 2.12 bits per heavy atom. The third kappa shape index (κ3) is 2.59. The molecule has 0 heterocycles. The van der Waals surface area contributed by atoms with Crippen LogP contribution in [0.15, 0.2) is 23.2 Å². The fourth-order valence-corrected chi connectivity index (χ4v) is 1.76. The zero-order chi connectivity index (χ0) is 12.3. The quantitative estimate of drug-likeness (QED) is 0.660. The number of phenolic OH excluding ortho intramolecular Hbond substituents is 1. The van der Waals surface area contributed by atoms with Crippen molar-refractivity contribution in [1.29, 1.82) is 0 Å². The third-order valence-corrected chi connectivity index (χ3v) is 2.82. The molecule has 16 heavy (non-hydrogen) atoms. The normalized spacial score (nSPS) is 12.5. The minimum Gasteiger partial charge on any atom is -0.505 e. The molecule has 1 aromatic rings. The summed E-state index contributed by atoms with van der Waals surface area (Å²) in [5.41, 5.74) is 5.94. The van der Waals surface area contributed by atoms with Gasteiger partial charge < -0.3 is 10.8 Å². The number of hydrogen-bond acceptors (Lipinski definition) is 2. The molecule has 1 aromatic carbocycles. The van der Waals surface area contributed by atoms with Gasteiger partial charge in [-0.3, -0.25) is 0 Å². The first kappa shape index (κ1) is 13.1. The molecule has 0 aliphatic carbocycles. The van der Waals surface area contributed by atoms with Gasteiger partial charge in [0.25, 0.3) is 0 Å². The zero-order valence-corrected chi connectivity index (χ0v) is 10.1. The van der Waals surface area contributed by atoms with Crippen molar-refractivity contribution in [3.05, 3.63) is 40.4 Å². The predicted octanol–water partition coefficient (Wildman–Crippen LogP) is 3.40. The van der Waals surface area contributed by atoms with Gasteiger partial charge in [0.05, 0.1) is 4.47 Å². The molecule has 2 nitrogen and oxygen atoms in total. The summed E-state index contributed by atoms with van der Waals surface area (Å²) >= 11 is 2.87. The van der Waals surface area contributed by atoms with Crippen LogP contribution in [0, 0.1) is 11.6 Å². The van der Waals surface area contributed by atoms with Gasteiger partial charge in [0.15, 0.2) is 11.6 Å². The minimum absolute atomic E-state index is 0.0492. The number of aromatic hydroxyl groups is 1. The van der Waals surface area contributed by atoms with Crippen LogP contribution in [0.3, 0.4) is 0 Å². The maximum Gasteiger partial charge on any atom is 0.201 e. The van der Waals surface area contributed by atoms with E-state index in [0.717, 1.165) is 0 Å².